The quantitative estimate of drug-likeness (QED) is 0.816. The van der Waals surface area contributed by atoms with Crippen molar-refractivity contribution in [1.29, 1.82) is 0 Å². The van der Waals surface area contributed by atoms with Crippen LogP contribution in [0.2, 0.25) is 0 Å². The molecule has 0 saturated carbocycles. The first-order chi connectivity index (χ1) is 8.60. The van der Waals surface area contributed by atoms with Crippen LogP contribution in [0.1, 0.15) is 19.8 Å². The maximum Gasteiger partial charge on any atom is 0.179 e. The highest BCUT2D eigenvalue weighted by Gasteiger charge is 2.31. The van der Waals surface area contributed by atoms with Gasteiger partial charge in [0.1, 0.15) is 0 Å². The fraction of sp³-hybridized carbons (Fsp3) is 0.500. The number of nitrogens with one attached hydrogen (secondary N) is 1. The van der Waals surface area contributed by atoms with Gasteiger partial charge >= 0.3 is 0 Å². The van der Waals surface area contributed by atoms with Gasteiger partial charge in [-0.15, -0.1) is 0 Å². The Morgan fingerprint density at radius 1 is 1.50 bits per heavy atom. The van der Waals surface area contributed by atoms with Crippen LogP contribution in [0.4, 0.5) is 0 Å². The molecule has 3 rings (SSSR count). The molecule has 0 bridgehead atoms. The number of fused-ring (bicyclic) bond motifs is 1. The van der Waals surface area contributed by atoms with E-state index in [0.717, 1.165) is 46.5 Å². The van der Waals surface area contributed by atoms with Crippen molar-refractivity contribution in [2.45, 2.75) is 25.3 Å². The number of imidazole rings is 1. The largest absolute Gasteiger partial charge is 0.381 e. The number of nitrogens with zero attached hydrogens (tertiary/aromatic N) is 2. The van der Waals surface area contributed by atoms with Crippen molar-refractivity contribution in [3.63, 3.8) is 0 Å². The van der Waals surface area contributed by atoms with E-state index >= 15 is 0 Å². The minimum atomic E-state index is -0.00554. The average Bonchev–Trinajstić information content (AvgIpc) is 2.65. The highest BCUT2D eigenvalue weighted by atomic mass is 79.9. The summed E-state index contributed by atoms with van der Waals surface area (Å²) in [7, 11) is 0. The van der Waals surface area contributed by atoms with Crippen LogP contribution in [-0.2, 0) is 10.3 Å². The second-order valence-corrected chi connectivity index (χ2v) is 6.20. The molecule has 0 aromatic carbocycles. The smallest absolute Gasteiger partial charge is 0.179 e. The molecule has 0 amide bonds. The minimum Gasteiger partial charge on any atom is -0.381 e. The topological polar surface area (TPSA) is 42.8 Å². The summed E-state index contributed by atoms with van der Waals surface area (Å²) in [5, 5.41) is 0. The molecule has 6 heteroatoms. The van der Waals surface area contributed by atoms with E-state index in [-0.39, 0.29) is 5.54 Å². The molecule has 96 valence electrons. The van der Waals surface area contributed by atoms with Gasteiger partial charge < -0.3 is 9.72 Å². The van der Waals surface area contributed by atoms with Crippen LogP contribution in [-0.4, -0.2) is 27.7 Å². The van der Waals surface area contributed by atoms with Gasteiger partial charge in [-0.2, -0.15) is 0 Å². The van der Waals surface area contributed by atoms with E-state index < -0.39 is 0 Å². The van der Waals surface area contributed by atoms with Crippen molar-refractivity contribution >= 4 is 39.3 Å². The lowest BCUT2D eigenvalue weighted by atomic mass is 9.92. The second-order valence-electron chi connectivity index (χ2n) is 4.90. The standard InChI is InChI=1S/C12H14BrN3OS/c1-12(2-4-17-5-3-12)16-10-9(15-11(16)18)6-8(13)7-14-10/h6-7H,2-5H2,1H3,(H,15,18). The maximum absolute atomic E-state index is 5.46. The van der Waals surface area contributed by atoms with Gasteiger partial charge in [-0.3, -0.25) is 4.57 Å². The summed E-state index contributed by atoms with van der Waals surface area (Å²) in [5.74, 6) is 0. The molecule has 0 aliphatic carbocycles. The van der Waals surface area contributed by atoms with Crippen molar-refractivity contribution in [1.82, 2.24) is 14.5 Å². The zero-order valence-corrected chi connectivity index (χ0v) is 12.5. The van der Waals surface area contributed by atoms with Crippen LogP contribution < -0.4 is 0 Å². The van der Waals surface area contributed by atoms with Gasteiger partial charge in [0, 0.05) is 23.9 Å². The summed E-state index contributed by atoms with van der Waals surface area (Å²) >= 11 is 8.89. The molecule has 0 spiro atoms. The zero-order chi connectivity index (χ0) is 12.8. The highest BCUT2D eigenvalue weighted by Crippen LogP contribution is 2.32. The molecule has 18 heavy (non-hydrogen) atoms. The summed E-state index contributed by atoms with van der Waals surface area (Å²) in [5.41, 5.74) is 1.89. The third kappa shape index (κ3) is 1.92. The lowest BCUT2D eigenvalue weighted by molar-refractivity contribution is 0.0304. The van der Waals surface area contributed by atoms with Crippen LogP contribution in [0.5, 0.6) is 0 Å². The normalized spacial score (nSPS) is 19.2. The SMILES string of the molecule is CC1(n2c(=S)[nH]c3cc(Br)cnc32)CCOCC1. The molecule has 0 unspecified atom stereocenters. The molecule has 1 aliphatic rings. The Hall–Kier alpha value is -0.720. The van der Waals surface area contributed by atoms with Crippen molar-refractivity contribution in [3.8, 4) is 0 Å². The van der Waals surface area contributed by atoms with Gasteiger partial charge in [-0.05, 0) is 54.0 Å². The number of halogens is 1. The number of aromatic amines is 1. The molecule has 0 atom stereocenters. The summed E-state index contributed by atoms with van der Waals surface area (Å²) in [6.07, 6.45) is 3.74. The van der Waals surface area contributed by atoms with Crippen LogP contribution in [0.15, 0.2) is 16.7 Å². The summed E-state index contributed by atoms with van der Waals surface area (Å²) in [6, 6.07) is 2.01. The van der Waals surface area contributed by atoms with Crippen molar-refractivity contribution < 1.29 is 4.74 Å². The van der Waals surface area contributed by atoms with Crippen molar-refractivity contribution in [3.05, 3.63) is 21.5 Å². The predicted octanol–water partition coefficient (Wildman–Crippen LogP) is 3.38. The van der Waals surface area contributed by atoms with E-state index in [2.05, 4.69) is 37.4 Å². The van der Waals surface area contributed by atoms with E-state index in [1.54, 1.807) is 0 Å². The van der Waals surface area contributed by atoms with Crippen LogP contribution >= 0.6 is 28.1 Å². The molecule has 1 saturated heterocycles. The lowest BCUT2D eigenvalue weighted by Gasteiger charge is -2.35. The third-order valence-electron chi connectivity index (χ3n) is 3.60. The highest BCUT2D eigenvalue weighted by molar-refractivity contribution is 9.10. The van der Waals surface area contributed by atoms with Gasteiger partial charge in [-0.1, -0.05) is 0 Å². The van der Waals surface area contributed by atoms with Crippen LogP contribution in [0.25, 0.3) is 11.2 Å². The number of pyridine rings is 1. The first-order valence-electron chi connectivity index (χ1n) is 5.95. The predicted molar refractivity (Wildman–Crippen MR) is 76.3 cm³/mol. The van der Waals surface area contributed by atoms with E-state index in [4.69, 9.17) is 17.0 Å². The molecule has 0 radical (unpaired) electrons. The first-order valence-corrected chi connectivity index (χ1v) is 7.15. The van der Waals surface area contributed by atoms with E-state index in [1.807, 2.05) is 12.3 Å². The van der Waals surface area contributed by atoms with Crippen LogP contribution in [0.3, 0.4) is 0 Å². The summed E-state index contributed by atoms with van der Waals surface area (Å²) in [4.78, 5) is 7.73. The van der Waals surface area contributed by atoms with Gasteiger partial charge in [0.2, 0.25) is 0 Å². The molecule has 2 aromatic rings. The maximum atomic E-state index is 5.46. The van der Waals surface area contributed by atoms with E-state index in [0.29, 0.717) is 0 Å². The Balaban J connectivity index is 2.22. The van der Waals surface area contributed by atoms with E-state index in [1.165, 1.54) is 0 Å². The van der Waals surface area contributed by atoms with Gasteiger partial charge in [0.25, 0.3) is 0 Å². The van der Waals surface area contributed by atoms with Crippen LogP contribution in [0, 0.1) is 4.77 Å². The molecular weight excluding hydrogens is 314 g/mol. The summed E-state index contributed by atoms with van der Waals surface area (Å²) in [6.45, 7) is 3.78. The van der Waals surface area contributed by atoms with Gasteiger partial charge in [-0.25, -0.2) is 4.98 Å². The molecule has 1 fully saturated rings. The third-order valence-corrected chi connectivity index (χ3v) is 4.32. The molecule has 2 aromatic heterocycles. The van der Waals surface area contributed by atoms with Gasteiger partial charge in [0.15, 0.2) is 10.4 Å². The zero-order valence-electron chi connectivity index (χ0n) is 10.1. The molecular formula is C12H14BrN3OS. The first kappa shape index (κ1) is 12.3. The Morgan fingerprint density at radius 3 is 2.94 bits per heavy atom. The number of H-pyrrole nitrogens is 1. The number of hydrogen-bond donors (Lipinski definition) is 1. The number of hydrogen-bond acceptors (Lipinski definition) is 3. The van der Waals surface area contributed by atoms with E-state index in [9.17, 15) is 0 Å². The lowest BCUT2D eigenvalue weighted by Crippen LogP contribution is -2.36. The average molecular weight is 328 g/mol. The van der Waals surface area contributed by atoms with Crippen molar-refractivity contribution in [2.75, 3.05) is 13.2 Å². The summed E-state index contributed by atoms with van der Waals surface area (Å²) < 4.78 is 9.28. The number of aromatic nitrogens is 3. The van der Waals surface area contributed by atoms with Crippen molar-refractivity contribution in [2.24, 2.45) is 0 Å². The van der Waals surface area contributed by atoms with Gasteiger partial charge in [0.05, 0.1) is 11.1 Å². The fourth-order valence-corrected chi connectivity index (χ4v) is 3.25. The molecule has 3 heterocycles. The Bertz CT molecular complexity index is 642. The fourth-order valence-electron chi connectivity index (χ4n) is 2.51. The molecule has 1 N–H and O–H groups in total. The molecule has 1 aliphatic heterocycles. The number of rotatable bonds is 1. The Morgan fingerprint density at radius 2 is 2.22 bits per heavy atom. The monoisotopic (exact) mass is 327 g/mol. The minimum absolute atomic E-state index is 0.00554. The second kappa shape index (κ2) is 4.43. The number of ether oxygens (including phenoxy) is 1. The Kier molecular flexibility index (Phi) is 3.03. The molecule has 4 nitrogen and oxygen atoms in total. The Labute approximate surface area is 118 Å².